The van der Waals surface area contributed by atoms with Gasteiger partial charge in [-0.15, -0.1) is 0 Å². The predicted molar refractivity (Wildman–Crippen MR) is 48.4 cm³/mol. The molecular formula is C11H18. The van der Waals surface area contributed by atoms with E-state index in [4.69, 9.17) is 0 Å². The molecule has 0 aromatic carbocycles. The molecule has 0 aromatic rings. The smallest absolute Gasteiger partial charge is 0.0192 e. The maximum Gasteiger partial charge on any atom is -0.0192 e. The monoisotopic (exact) mass is 150 g/mol. The Labute approximate surface area is 69.7 Å². The lowest BCUT2D eigenvalue weighted by atomic mass is 9.44. The van der Waals surface area contributed by atoms with Crippen LogP contribution in [0.25, 0.3) is 0 Å². The maximum absolute atomic E-state index is 4.02. The fraction of sp³-hybridized carbons (Fsp3) is 0.818. The van der Waals surface area contributed by atoms with Gasteiger partial charge in [0.2, 0.25) is 0 Å². The predicted octanol–water partition coefficient (Wildman–Crippen LogP) is 3.39. The van der Waals surface area contributed by atoms with Crippen LogP contribution in [0.3, 0.4) is 0 Å². The van der Waals surface area contributed by atoms with E-state index in [1.54, 1.807) is 0 Å². The van der Waals surface area contributed by atoms with Gasteiger partial charge in [-0.3, -0.25) is 0 Å². The molecule has 62 valence electrons. The highest BCUT2D eigenvalue weighted by molar-refractivity contribution is 5.21. The minimum atomic E-state index is 0.748. The standard InChI is InChI=1S/C11H18/c1-4-10-7-11(9(10)3)5-8(2)6-11/h9-10H,2,4-7H2,1,3H3. The van der Waals surface area contributed by atoms with Gasteiger partial charge in [0.1, 0.15) is 0 Å². The summed E-state index contributed by atoms with van der Waals surface area (Å²) in [6.45, 7) is 8.78. The summed E-state index contributed by atoms with van der Waals surface area (Å²) in [6.07, 6.45) is 5.55. The van der Waals surface area contributed by atoms with Crippen molar-refractivity contribution in [2.45, 2.75) is 39.5 Å². The third-order valence-corrected chi connectivity index (χ3v) is 4.07. The van der Waals surface area contributed by atoms with Gasteiger partial charge in [-0.05, 0) is 36.5 Å². The first-order valence-corrected chi connectivity index (χ1v) is 4.84. The van der Waals surface area contributed by atoms with E-state index in [0.717, 1.165) is 17.3 Å². The van der Waals surface area contributed by atoms with Crippen molar-refractivity contribution in [3.63, 3.8) is 0 Å². The molecule has 2 saturated carbocycles. The van der Waals surface area contributed by atoms with Gasteiger partial charge in [0.15, 0.2) is 0 Å². The Morgan fingerprint density at radius 1 is 1.55 bits per heavy atom. The molecule has 2 aliphatic carbocycles. The van der Waals surface area contributed by atoms with Crippen molar-refractivity contribution in [3.05, 3.63) is 12.2 Å². The van der Waals surface area contributed by atoms with E-state index in [1.807, 2.05) is 0 Å². The van der Waals surface area contributed by atoms with Gasteiger partial charge in [-0.1, -0.05) is 32.4 Å². The molecule has 2 aliphatic rings. The van der Waals surface area contributed by atoms with Crippen LogP contribution in [-0.2, 0) is 0 Å². The van der Waals surface area contributed by atoms with Crippen LogP contribution in [0.4, 0.5) is 0 Å². The summed E-state index contributed by atoms with van der Waals surface area (Å²) in [6, 6.07) is 0. The van der Waals surface area contributed by atoms with Crippen LogP contribution in [0.2, 0.25) is 0 Å². The van der Waals surface area contributed by atoms with Crippen LogP contribution >= 0.6 is 0 Å². The summed E-state index contributed by atoms with van der Waals surface area (Å²) in [4.78, 5) is 0. The molecule has 0 saturated heterocycles. The second-order valence-corrected chi connectivity index (χ2v) is 4.63. The molecule has 0 N–H and O–H groups in total. The highest BCUT2D eigenvalue weighted by Gasteiger charge is 2.54. The van der Waals surface area contributed by atoms with Crippen LogP contribution in [0.5, 0.6) is 0 Å². The first-order valence-electron chi connectivity index (χ1n) is 4.84. The molecule has 0 bridgehead atoms. The zero-order valence-electron chi connectivity index (χ0n) is 7.69. The van der Waals surface area contributed by atoms with Gasteiger partial charge in [0, 0.05) is 0 Å². The highest BCUT2D eigenvalue weighted by Crippen LogP contribution is 2.64. The molecule has 0 aromatic heterocycles. The largest absolute Gasteiger partial charge is 0.0998 e. The van der Waals surface area contributed by atoms with Gasteiger partial charge in [0.05, 0.1) is 0 Å². The Morgan fingerprint density at radius 2 is 2.18 bits per heavy atom. The summed E-state index contributed by atoms with van der Waals surface area (Å²) in [5.41, 5.74) is 2.24. The van der Waals surface area contributed by atoms with Crippen LogP contribution in [-0.4, -0.2) is 0 Å². The van der Waals surface area contributed by atoms with Gasteiger partial charge >= 0.3 is 0 Å². The summed E-state index contributed by atoms with van der Waals surface area (Å²) < 4.78 is 0. The molecule has 0 aliphatic heterocycles. The SMILES string of the molecule is C=C1CC2(C1)CC(CC)C2C. The Balaban J connectivity index is 1.96. The second kappa shape index (κ2) is 2.12. The maximum atomic E-state index is 4.02. The van der Waals surface area contributed by atoms with Gasteiger partial charge < -0.3 is 0 Å². The van der Waals surface area contributed by atoms with Crippen molar-refractivity contribution < 1.29 is 0 Å². The molecule has 2 atom stereocenters. The number of allylic oxidation sites excluding steroid dienone is 1. The molecule has 0 amide bonds. The van der Waals surface area contributed by atoms with E-state index in [1.165, 1.54) is 31.3 Å². The summed E-state index contributed by atoms with van der Waals surface area (Å²) >= 11 is 0. The van der Waals surface area contributed by atoms with E-state index in [0.29, 0.717) is 0 Å². The fourth-order valence-corrected chi connectivity index (χ4v) is 3.13. The molecule has 0 nitrogen and oxygen atoms in total. The average Bonchev–Trinajstić information content (AvgIpc) is 1.94. The molecular weight excluding hydrogens is 132 g/mol. The van der Waals surface area contributed by atoms with Crippen molar-refractivity contribution in [1.82, 2.24) is 0 Å². The van der Waals surface area contributed by atoms with Crippen LogP contribution in [0.1, 0.15) is 39.5 Å². The van der Waals surface area contributed by atoms with E-state index in [9.17, 15) is 0 Å². The van der Waals surface area contributed by atoms with Gasteiger partial charge in [0.25, 0.3) is 0 Å². The van der Waals surface area contributed by atoms with Crippen molar-refractivity contribution in [1.29, 1.82) is 0 Å². The van der Waals surface area contributed by atoms with Crippen molar-refractivity contribution >= 4 is 0 Å². The third-order valence-electron chi connectivity index (χ3n) is 4.07. The first-order chi connectivity index (χ1) is 5.18. The molecule has 1 spiro atoms. The van der Waals surface area contributed by atoms with Gasteiger partial charge in [-0.2, -0.15) is 0 Å². The lowest BCUT2D eigenvalue weighted by Crippen LogP contribution is -2.51. The summed E-state index contributed by atoms with van der Waals surface area (Å²) in [7, 11) is 0. The number of hydrogen-bond acceptors (Lipinski definition) is 0. The van der Waals surface area contributed by atoms with E-state index in [-0.39, 0.29) is 0 Å². The van der Waals surface area contributed by atoms with Crippen molar-refractivity contribution in [2.75, 3.05) is 0 Å². The summed E-state index contributed by atoms with van der Waals surface area (Å²) in [5, 5.41) is 0. The molecule has 0 heterocycles. The minimum absolute atomic E-state index is 0.748. The third kappa shape index (κ3) is 0.816. The van der Waals surface area contributed by atoms with Crippen molar-refractivity contribution in [2.24, 2.45) is 17.3 Å². The zero-order chi connectivity index (χ0) is 8.06. The average molecular weight is 150 g/mol. The lowest BCUT2D eigenvalue weighted by molar-refractivity contribution is -0.0655. The molecule has 0 heteroatoms. The quantitative estimate of drug-likeness (QED) is 0.503. The molecule has 2 rings (SSSR count). The second-order valence-electron chi connectivity index (χ2n) is 4.63. The molecule has 11 heavy (non-hydrogen) atoms. The Hall–Kier alpha value is -0.260. The lowest BCUT2D eigenvalue weighted by Gasteiger charge is -2.60. The van der Waals surface area contributed by atoms with Crippen LogP contribution < -0.4 is 0 Å². The summed E-state index contributed by atoms with van der Waals surface area (Å²) in [5.74, 6) is 2.01. The van der Waals surface area contributed by atoms with Crippen LogP contribution in [0.15, 0.2) is 12.2 Å². The van der Waals surface area contributed by atoms with E-state index >= 15 is 0 Å². The van der Waals surface area contributed by atoms with Gasteiger partial charge in [-0.25, -0.2) is 0 Å². The van der Waals surface area contributed by atoms with Crippen molar-refractivity contribution in [3.8, 4) is 0 Å². The Morgan fingerprint density at radius 3 is 2.55 bits per heavy atom. The topological polar surface area (TPSA) is 0 Å². The molecule has 2 fully saturated rings. The Bertz CT molecular complexity index is 182. The first kappa shape index (κ1) is 7.39. The van der Waals surface area contributed by atoms with E-state index < -0.39 is 0 Å². The molecule has 0 radical (unpaired) electrons. The zero-order valence-corrected chi connectivity index (χ0v) is 7.69. The molecule has 2 unspecified atom stereocenters. The highest BCUT2D eigenvalue weighted by atomic mass is 14.6. The van der Waals surface area contributed by atoms with Crippen LogP contribution in [0, 0.1) is 17.3 Å². The minimum Gasteiger partial charge on any atom is -0.0998 e. The van der Waals surface area contributed by atoms with E-state index in [2.05, 4.69) is 20.4 Å². The number of rotatable bonds is 1. The fourth-order valence-electron chi connectivity index (χ4n) is 3.13. The normalized spacial score (nSPS) is 40.0. The Kier molecular flexibility index (Phi) is 1.42. The number of hydrogen-bond donors (Lipinski definition) is 0.